The van der Waals surface area contributed by atoms with Gasteiger partial charge in [0.05, 0.1) is 19.4 Å². The van der Waals surface area contributed by atoms with Crippen molar-refractivity contribution in [1.82, 2.24) is 15.1 Å². The van der Waals surface area contributed by atoms with Crippen molar-refractivity contribution in [3.05, 3.63) is 65.4 Å². The van der Waals surface area contributed by atoms with Gasteiger partial charge in [-0.3, -0.25) is 10.00 Å². The number of hydrogen-bond donors (Lipinski definition) is 1. The average Bonchev–Trinajstić information content (AvgIpc) is 3.12. The molecule has 0 spiro atoms. The summed E-state index contributed by atoms with van der Waals surface area (Å²) in [5.74, 6) is 1.50. The van der Waals surface area contributed by atoms with Crippen molar-refractivity contribution < 1.29 is 9.47 Å². The molecule has 0 saturated carbocycles. The first kappa shape index (κ1) is 17.6. The number of aromatic nitrogens is 2. The topological polar surface area (TPSA) is 50.4 Å². The highest BCUT2D eigenvalue weighted by atomic mass is 16.5. The highest BCUT2D eigenvalue weighted by Crippen LogP contribution is 2.35. The van der Waals surface area contributed by atoms with Crippen LogP contribution in [-0.2, 0) is 19.5 Å². The molecule has 140 valence electrons. The van der Waals surface area contributed by atoms with E-state index < -0.39 is 0 Å². The van der Waals surface area contributed by atoms with Gasteiger partial charge in [0.2, 0.25) is 0 Å². The van der Waals surface area contributed by atoms with Crippen molar-refractivity contribution in [3.8, 4) is 22.8 Å². The van der Waals surface area contributed by atoms with Crippen LogP contribution in [0.3, 0.4) is 0 Å². The second-order valence-electron chi connectivity index (χ2n) is 6.77. The number of fused-ring (bicyclic) bond motifs is 1. The first-order chi connectivity index (χ1) is 13.3. The minimum Gasteiger partial charge on any atom is -0.493 e. The lowest BCUT2D eigenvalue weighted by molar-refractivity contribution is 0.245. The highest BCUT2D eigenvalue weighted by Gasteiger charge is 2.23. The lowest BCUT2D eigenvalue weighted by Gasteiger charge is -2.27. The molecule has 0 unspecified atom stereocenters. The fourth-order valence-corrected chi connectivity index (χ4v) is 3.66. The van der Waals surface area contributed by atoms with Gasteiger partial charge in [0.15, 0.2) is 11.5 Å². The van der Waals surface area contributed by atoms with Crippen LogP contribution in [0.4, 0.5) is 0 Å². The summed E-state index contributed by atoms with van der Waals surface area (Å²) in [6.45, 7) is 5.47. The highest BCUT2D eigenvalue weighted by molar-refractivity contribution is 5.68. The van der Waals surface area contributed by atoms with Gasteiger partial charge >= 0.3 is 0 Å². The average molecular weight is 363 g/mol. The van der Waals surface area contributed by atoms with Crippen LogP contribution in [-0.4, -0.2) is 35.4 Å². The van der Waals surface area contributed by atoms with Gasteiger partial charge in [-0.1, -0.05) is 30.3 Å². The summed E-state index contributed by atoms with van der Waals surface area (Å²) < 4.78 is 11.1. The van der Waals surface area contributed by atoms with Crippen molar-refractivity contribution in [2.24, 2.45) is 0 Å². The van der Waals surface area contributed by atoms with Gasteiger partial charge < -0.3 is 9.47 Å². The van der Waals surface area contributed by atoms with Crippen LogP contribution in [0.5, 0.6) is 11.5 Å². The number of nitrogens with zero attached hydrogens (tertiary/aromatic N) is 2. The first-order valence-corrected chi connectivity index (χ1v) is 9.42. The van der Waals surface area contributed by atoms with E-state index >= 15 is 0 Å². The Morgan fingerprint density at radius 1 is 1.11 bits per heavy atom. The Labute approximate surface area is 159 Å². The van der Waals surface area contributed by atoms with E-state index in [1.807, 2.05) is 25.1 Å². The maximum atomic E-state index is 5.74. The van der Waals surface area contributed by atoms with E-state index in [2.05, 4.69) is 45.4 Å². The SMILES string of the molecule is CCOc1cc(-c2n[nH]c3c2CN(Cc2ccccc2)CC3)ccc1OC. The van der Waals surface area contributed by atoms with Crippen molar-refractivity contribution in [1.29, 1.82) is 0 Å². The van der Waals surface area contributed by atoms with Gasteiger partial charge in [0, 0.05) is 42.9 Å². The van der Waals surface area contributed by atoms with Crippen molar-refractivity contribution in [2.45, 2.75) is 26.4 Å². The summed E-state index contributed by atoms with van der Waals surface area (Å²) in [5, 5.41) is 7.86. The molecule has 1 N–H and O–H groups in total. The third-order valence-corrected chi connectivity index (χ3v) is 5.00. The largest absolute Gasteiger partial charge is 0.493 e. The molecule has 0 aliphatic carbocycles. The van der Waals surface area contributed by atoms with E-state index in [0.29, 0.717) is 6.61 Å². The second kappa shape index (κ2) is 7.84. The molecular weight excluding hydrogens is 338 g/mol. The van der Waals surface area contributed by atoms with Crippen molar-refractivity contribution in [2.75, 3.05) is 20.3 Å². The standard InChI is InChI=1S/C22H25N3O2/c1-3-27-21-13-17(9-10-20(21)26-2)22-18-15-25(12-11-19(18)23-24-22)14-16-7-5-4-6-8-16/h4-10,13H,3,11-12,14-15H2,1-2H3,(H,23,24). The fourth-order valence-electron chi connectivity index (χ4n) is 3.66. The Morgan fingerprint density at radius 3 is 2.74 bits per heavy atom. The van der Waals surface area contributed by atoms with Crippen LogP contribution in [0, 0.1) is 0 Å². The molecule has 0 atom stereocenters. The molecule has 2 aromatic carbocycles. The number of nitrogens with one attached hydrogen (secondary N) is 1. The lowest BCUT2D eigenvalue weighted by atomic mass is 10.00. The molecule has 4 rings (SSSR count). The van der Waals surface area contributed by atoms with Gasteiger partial charge in [0.25, 0.3) is 0 Å². The van der Waals surface area contributed by atoms with E-state index in [0.717, 1.165) is 48.8 Å². The van der Waals surface area contributed by atoms with Gasteiger partial charge in [-0.15, -0.1) is 0 Å². The molecule has 0 amide bonds. The van der Waals surface area contributed by atoms with Gasteiger partial charge in [-0.25, -0.2) is 0 Å². The molecule has 5 heteroatoms. The van der Waals surface area contributed by atoms with Crippen LogP contribution < -0.4 is 9.47 Å². The van der Waals surface area contributed by atoms with Crippen molar-refractivity contribution in [3.63, 3.8) is 0 Å². The summed E-state index contributed by atoms with van der Waals surface area (Å²) in [7, 11) is 1.66. The Bertz CT molecular complexity index is 905. The zero-order valence-electron chi connectivity index (χ0n) is 15.9. The Morgan fingerprint density at radius 2 is 1.96 bits per heavy atom. The normalized spacial score (nSPS) is 14.0. The number of rotatable bonds is 6. The molecule has 1 aliphatic heterocycles. The van der Waals surface area contributed by atoms with Gasteiger partial charge in [-0.2, -0.15) is 5.10 Å². The number of hydrogen-bond acceptors (Lipinski definition) is 4. The van der Waals surface area contributed by atoms with Crippen molar-refractivity contribution >= 4 is 0 Å². The number of benzene rings is 2. The molecule has 2 heterocycles. The molecular formula is C22H25N3O2. The van der Waals surface area contributed by atoms with Crippen LogP contribution in [0.15, 0.2) is 48.5 Å². The Hall–Kier alpha value is -2.79. The molecule has 1 aromatic heterocycles. The van der Waals surface area contributed by atoms with E-state index in [1.165, 1.54) is 16.8 Å². The number of aromatic amines is 1. The second-order valence-corrected chi connectivity index (χ2v) is 6.77. The lowest BCUT2D eigenvalue weighted by Crippen LogP contribution is -2.29. The minimum atomic E-state index is 0.601. The monoisotopic (exact) mass is 363 g/mol. The maximum Gasteiger partial charge on any atom is 0.161 e. The van der Waals surface area contributed by atoms with E-state index in [4.69, 9.17) is 9.47 Å². The number of H-pyrrole nitrogens is 1. The molecule has 3 aromatic rings. The zero-order chi connectivity index (χ0) is 18.6. The summed E-state index contributed by atoms with van der Waals surface area (Å²) >= 11 is 0. The molecule has 0 radical (unpaired) electrons. The maximum absolute atomic E-state index is 5.74. The molecule has 27 heavy (non-hydrogen) atoms. The number of ether oxygens (including phenoxy) is 2. The molecule has 5 nitrogen and oxygen atoms in total. The first-order valence-electron chi connectivity index (χ1n) is 9.42. The third-order valence-electron chi connectivity index (χ3n) is 5.00. The summed E-state index contributed by atoms with van der Waals surface area (Å²) in [6.07, 6.45) is 0.990. The van der Waals surface area contributed by atoms with E-state index in [-0.39, 0.29) is 0 Å². The Kier molecular flexibility index (Phi) is 5.12. The van der Waals surface area contributed by atoms with E-state index in [9.17, 15) is 0 Å². The molecule has 0 saturated heterocycles. The smallest absolute Gasteiger partial charge is 0.161 e. The predicted molar refractivity (Wildman–Crippen MR) is 106 cm³/mol. The van der Waals surface area contributed by atoms with Crippen LogP contribution >= 0.6 is 0 Å². The van der Waals surface area contributed by atoms with Crippen LogP contribution in [0.2, 0.25) is 0 Å². The molecule has 0 fully saturated rings. The predicted octanol–water partition coefficient (Wildman–Crippen LogP) is 4.04. The molecule has 0 bridgehead atoms. The number of methoxy groups -OCH3 is 1. The Balaban J connectivity index is 1.60. The third kappa shape index (κ3) is 3.69. The van der Waals surface area contributed by atoms with Gasteiger partial charge in [-0.05, 0) is 30.7 Å². The van der Waals surface area contributed by atoms with E-state index in [1.54, 1.807) is 7.11 Å². The summed E-state index contributed by atoms with van der Waals surface area (Å²) in [5.41, 5.74) is 5.92. The summed E-state index contributed by atoms with van der Waals surface area (Å²) in [4.78, 5) is 2.48. The summed E-state index contributed by atoms with van der Waals surface area (Å²) in [6, 6.07) is 16.6. The van der Waals surface area contributed by atoms with Crippen LogP contribution in [0.1, 0.15) is 23.7 Å². The molecule has 1 aliphatic rings. The fraction of sp³-hybridized carbons (Fsp3) is 0.318. The quantitative estimate of drug-likeness (QED) is 0.718. The minimum absolute atomic E-state index is 0.601. The zero-order valence-corrected chi connectivity index (χ0v) is 15.9. The van der Waals surface area contributed by atoms with Gasteiger partial charge in [0.1, 0.15) is 0 Å². The van der Waals surface area contributed by atoms with Crippen LogP contribution in [0.25, 0.3) is 11.3 Å².